The van der Waals surface area contributed by atoms with Gasteiger partial charge >= 0.3 is 11.9 Å². The van der Waals surface area contributed by atoms with Crippen molar-refractivity contribution in [3.05, 3.63) is 45.4 Å². The number of hydrogen-bond acceptors (Lipinski definition) is 8. The number of H-pyrrole nitrogens is 1. The van der Waals surface area contributed by atoms with Crippen molar-refractivity contribution in [2.75, 3.05) is 27.9 Å². The number of nitrogens with one attached hydrogen (secondary N) is 1. The molecule has 0 spiro atoms. The zero-order valence-corrected chi connectivity index (χ0v) is 17.0. The van der Waals surface area contributed by atoms with Crippen LogP contribution in [0.3, 0.4) is 0 Å². The standard InChI is InChI=1S/C20H23NO9/c1-5-30-20(26)12-9-21-19(25)17(18(12)24)11(7-16(22)23)10-6-14(28-3)15(29-4)8-13(10)27-2/h6,8-9,11H,5,7H2,1-4H3,(H,22,23)(H2,21,24,25). The Morgan fingerprint density at radius 1 is 1.07 bits per heavy atom. The largest absolute Gasteiger partial charge is 0.506 e. The van der Waals surface area contributed by atoms with E-state index in [1.165, 1.54) is 33.5 Å². The maximum absolute atomic E-state index is 12.6. The first-order chi connectivity index (χ1) is 14.3. The second kappa shape index (κ2) is 9.68. The topological polar surface area (TPSA) is 144 Å². The molecule has 1 unspecified atom stereocenters. The molecule has 1 aromatic heterocycles. The Balaban J connectivity index is 2.80. The van der Waals surface area contributed by atoms with Gasteiger partial charge < -0.3 is 34.1 Å². The van der Waals surface area contributed by atoms with E-state index in [4.69, 9.17) is 18.9 Å². The zero-order chi connectivity index (χ0) is 22.4. The number of aromatic amines is 1. The monoisotopic (exact) mass is 421 g/mol. The number of carboxylic acids is 1. The smallest absolute Gasteiger partial charge is 0.343 e. The first-order valence-electron chi connectivity index (χ1n) is 8.92. The van der Waals surface area contributed by atoms with E-state index in [2.05, 4.69) is 4.98 Å². The molecule has 10 nitrogen and oxygen atoms in total. The maximum atomic E-state index is 12.6. The lowest BCUT2D eigenvalue weighted by Crippen LogP contribution is -2.22. The lowest BCUT2D eigenvalue weighted by atomic mass is 9.87. The number of aliphatic carboxylic acids is 1. The summed E-state index contributed by atoms with van der Waals surface area (Å²) in [7, 11) is 4.18. The van der Waals surface area contributed by atoms with Crippen molar-refractivity contribution >= 4 is 11.9 Å². The van der Waals surface area contributed by atoms with Gasteiger partial charge in [-0.15, -0.1) is 0 Å². The molecule has 2 rings (SSSR count). The Kier molecular flexibility index (Phi) is 7.29. The Hall–Kier alpha value is -3.69. The van der Waals surface area contributed by atoms with Crippen molar-refractivity contribution in [2.45, 2.75) is 19.3 Å². The number of aromatic hydroxyl groups is 1. The highest BCUT2D eigenvalue weighted by molar-refractivity contribution is 5.92. The normalized spacial score (nSPS) is 11.5. The molecule has 0 saturated heterocycles. The summed E-state index contributed by atoms with van der Waals surface area (Å²) in [4.78, 5) is 38.7. The van der Waals surface area contributed by atoms with E-state index in [9.17, 15) is 24.6 Å². The fraction of sp³-hybridized carbons (Fsp3) is 0.350. The molecule has 10 heteroatoms. The van der Waals surface area contributed by atoms with Crippen LogP contribution in [0.1, 0.15) is 40.7 Å². The molecule has 0 aliphatic heterocycles. The summed E-state index contributed by atoms with van der Waals surface area (Å²) in [6, 6.07) is 2.94. The van der Waals surface area contributed by atoms with Crippen LogP contribution >= 0.6 is 0 Å². The quantitative estimate of drug-likeness (QED) is 0.517. The Morgan fingerprint density at radius 2 is 1.67 bits per heavy atom. The van der Waals surface area contributed by atoms with Crippen molar-refractivity contribution in [1.82, 2.24) is 4.98 Å². The van der Waals surface area contributed by atoms with Gasteiger partial charge in [0.15, 0.2) is 11.5 Å². The van der Waals surface area contributed by atoms with E-state index in [0.717, 1.165) is 6.20 Å². The molecule has 1 aromatic carbocycles. The summed E-state index contributed by atoms with van der Waals surface area (Å²) in [6.07, 6.45) is 0.442. The third-order valence-corrected chi connectivity index (χ3v) is 4.44. The van der Waals surface area contributed by atoms with Crippen LogP contribution in [-0.4, -0.2) is 55.1 Å². The van der Waals surface area contributed by atoms with Crippen LogP contribution < -0.4 is 19.8 Å². The number of carbonyl (C=O) groups excluding carboxylic acids is 1. The lowest BCUT2D eigenvalue weighted by Gasteiger charge is -2.21. The van der Waals surface area contributed by atoms with Crippen molar-refractivity contribution in [3.8, 4) is 23.0 Å². The van der Waals surface area contributed by atoms with Crippen molar-refractivity contribution in [2.24, 2.45) is 0 Å². The lowest BCUT2D eigenvalue weighted by molar-refractivity contribution is -0.137. The van der Waals surface area contributed by atoms with E-state index in [1.54, 1.807) is 6.92 Å². The highest BCUT2D eigenvalue weighted by atomic mass is 16.5. The van der Waals surface area contributed by atoms with Gasteiger partial charge in [-0.3, -0.25) is 9.59 Å². The number of ether oxygens (including phenoxy) is 4. The third kappa shape index (κ3) is 4.48. The SMILES string of the molecule is CCOC(=O)c1c[nH]c(=O)c(C(CC(=O)O)c2cc(OC)c(OC)cc2OC)c1O. The van der Waals surface area contributed by atoms with E-state index in [0.29, 0.717) is 5.75 Å². The molecule has 0 fully saturated rings. The van der Waals surface area contributed by atoms with Crippen LogP contribution in [0, 0.1) is 0 Å². The number of carbonyl (C=O) groups is 2. The number of hydrogen-bond donors (Lipinski definition) is 3. The van der Waals surface area contributed by atoms with Crippen molar-refractivity contribution in [1.29, 1.82) is 0 Å². The summed E-state index contributed by atoms with van der Waals surface area (Å²) >= 11 is 0. The molecule has 2 aromatic rings. The van der Waals surface area contributed by atoms with E-state index in [1.807, 2.05) is 0 Å². The molecule has 0 amide bonds. The zero-order valence-electron chi connectivity index (χ0n) is 17.0. The Morgan fingerprint density at radius 3 is 2.20 bits per heavy atom. The predicted molar refractivity (Wildman–Crippen MR) is 105 cm³/mol. The molecular formula is C20H23NO9. The number of aromatic nitrogens is 1. The Bertz CT molecular complexity index is 997. The Labute approximate surface area is 172 Å². The van der Waals surface area contributed by atoms with Crippen molar-refractivity contribution < 1.29 is 38.7 Å². The average molecular weight is 421 g/mol. The second-order valence-corrected chi connectivity index (χ2v) is 6.11. The molecule has 0 saturated carbocycles. The number of carboxylic acid groups (broad SMARTS) is 1. The van der Waals surface area contributed by atoms with Gasteiger partial charge in [-0.1, -0.05) is 0 Å². The summed E-state index contributed by atoms with van der Waals surface area (Å²) in [5.41, 5.74) is -1.11. The van der Waals surface area contributed by atoms with E-state index >= 15 is 0 Å². The second-order valence-electron chi connectivity index (χ2n) is 6.11. The van der Waals surface area contributed by atoms with Crippen LogP contribution in [0.4, 0.5) is 0 Å². The molecule has 3 N–H and O–H groups in total. The van der Waals surface area contributed by atoms with Gasteiger partial charge in [0, 0.05) is 23.7 Å². The minimum absolute atomic E-state index is 0.0504. The van der Waals surface area contributed by atoms with Crippen LogP contribution in [0.2, 0.25) is 0 Å². The molecule has 0 aliphatic rings. The fourth-order valence-corrected chi connectivity index (χ4v) is 3.09. The number of methoxy groups -OCH3 is 3. The average Bonchev–Trinajstić information content (AvgIpc) is 2.71. The fourth-order valence-electron chi connectivity index (χ4n) is 3.09. The third-order valence-electron chi connectivity index (χ3n) is 4.44. The molecule has 0 radical (unpaired) electrons. The first kappa shape index (κ1) is 22.6. The van der Waals surface area contributed by atoms with Crippen LogP contribution in [0.5, 0.6) is 23.0 Å². The molecule has 1 heterocycles. The minimum Gasteiger partial charge on any atom is -0.506 e. The number of rotatable bonds is 9. The van der Waals surface area contributed by atoms with Gasteiger partial charge in [-0.25, -0.2) is 4.79 Å². The predicted octanol–water partition coefficient (Wildman–Crippen LogP) is 1.89. The van der Waals surface area contributed by atoms with Gasteiger partial charge in [-0.2, -0.15) is 0 Å². The number of pyridine rings is 1. The van der Waals surface area contributed by atoms with Gasteiger partial charge in [0.05, 0.1) is 39.9 Å². The summed E-state index contributed by atoms with van der Waals surface area (Å²) < 4.78 is 20.7. The van der Waals surface area contributed by atoms with Crippen LogP contribution in [0.25, 0.3) is 0 Å². The molecule has 0 bridgehead atoms. The van der Waals surface area contributed by atoms with Crippen molar-refractivity contribution in [3.63, 3.8) is 0 Å². The first-order valence-corrected chi connectivity index (χ1v) is 8.92. The number of esters is 1. The summed E-state index contributed by atoms with van der Waals surface area (Å²) in [5, 5.41) is 20.2. The molecule has 162 valence electrons. The summed E-state index contributed by atoms with van der Waals surface area (Å²) in [5.74, 6) is -3.14. The van der Waals surface area contributed by atoms with E-state index in [-0.39, 0.29) is 34.8 Å². The van der Waals surface area contributed by atoms with Gasteiger partial charge in [0.1, 0.15) is 17.1 Å². The van der Waals surface area contributed by atoms with Crippen LogP contribution in [0.15, 0.2) is 23.1 Å². The molecular weight excluding hydrogens is 398 g/mol. The molecule has 30 heavy (non-hydrogen) atoms. The number of benzene rings is 1. The molecule has 1 atom stereocenters. The van der Waals surface area contributed by atoms with Gasteiger partial charge in [0.2, 0.25) is 0 Å². The highest BCUT2D eigenvalue weighted by Crippen LogP contribution is 2.43. The minimum atomic E-state index is -1.24. The van der Waals surface area contributed by atoms with E-state index < -0.39 is 35.6 Å². The molecule has 0 aliphatic carbocycles. The maximum Gasteiger partial charge on any atom is 0.343 e. The highest BCUT2D eigenvalue weighted by Gasteiger charge is 2.31. The van der Waals surface area contributed by atoms with Crippen LogP contribution in [-0.2, 0) is 9.53 Å². The summed E-state index contributed by atoms with van der Waals surface area (Å²) in [6.45, 7) is 1.64. The van der Waals surface area contributed by atoms with Gasteiger partial charge in [0.25, 0.3) is 5.56 Å². The van der Waals surface area contributed by atoms with Gasteiger partial charge in [-0.05, 0) is 13.0 Å².